The molecule has 2 N–H and O–H groups in total. The van der Waals surface area contributed by atoms with E-state index in [2.05, 4.69) is 4.98 Å². The third-order valence-corrected chi connectivity index (χ3v) is 3.08. The van der Waals surface area contributed by atoms with Gasteiger partial charge >= 0.3 is 0 Å². The smallest absolute Gasteiger partial charge is 0.272 e. The maximum absolute atomic E-state index is 12.2. The number of benzene rings is 1. The molecule has 0 aliphatic rings. The van der Waals surface area contributed by atoms with Gasteiger partial charge in [-0.3, -0.25) is 4.79 Å². The zero-order chi connectivity index (χ0) is 13.8. The first-order valence-corrected chi connectivity index (χ1v) is 6.45. The molecular formula is C15H19N3O. The van der Waals surface area contributed by atoms with Crippen LogP contribution in [-0.4, -0.2) is 35.4 Å². The molecular weight excluding hydrogens is 238 g/mol. The van der Waals surface area contributed by atoms with Crippen LogP contribution >= 0.6 is 0 Å². The summed E-state index contributed by atoms with van der Waals surface area (Å²) >= 11 is 0. The lowest BCUT2D eigenvalue weighted by molar-refractivity contribution is 0.0786. The number of aromatic nitrogens is 1. The summed E-state index contributed by atoms with van der Waals surface area (Å²) in [5.74, 6) is -0.0635. The summed E-state index contributed by atoms with van der Waals surface area (Å²) in [5, 5.41) is 1.04. The van der Waals surface area contributed by atoms with Gasteiger partial charge in [-0.05, 0) is 25.5 Å². The van der Waals surface area contributed by atoms with Crippen LogP contribution in [0, 0.1) is 0 Å². The van der Waals surface area contributed by atoms with Crippen molar-refractivity contribution >= 4 is 16.8 Å². The van der Waals surface area contributed by atoms with E-state index >= 15 is 0 Å². The van der Waals surface area contributed by atoms with Gasteiger partial charge in [-0.1, -0.05) is 24.3 Å². The molecule has 0 bridgehead atoms. The first-order valence-electron chi connectivity index (χ1n) is 6.45. The Morgan fingerprint density at radius 2 is 2.05 bits per heavy atom. The van der Waals surface area contributed by atoms with Crippen LogP contribution in [0.25, 0.3) is 10.9 Å². The standard InChI is InChI=1S/C15H19N3O/c1-11(16)9-10-18(2)15(19)14-8-7-12-5-3-4-6-13(12)17-14/h3-8,11H,9-10,16H2,1-2H3. The number of nitrogens with two attached hydrogens (primary N) is 1. The Morgan fingerprint density at radius 1 is 1.32 bits per heavy atom. The topological polar surface area (TPSA) is 59.2 Å². The number of carbonyl (C=O) groups is 1. The minimum absolute atomic E-state index is 0.0635. The summed E-state index contributed by atoms with van der Waals surface area (Å²) in [6.07, 6.45) is 0.788. The maximum atomic E-state index is 12.2. The van der Waals surface area contributed by atoms with Crippen molar-refractivity contribution in [1.82, 2.24) is 9.88 Å². The fraction of sp³-hybridized carbons (Fsp3) is 0.333. The normalized spacial score (nSPS) is 12.4. The van der Waals surface area contributed by atoms with Gasteiger partial charge in [0.25, 0.3) is 5.91 Å². The molecule has 0 radical (unpaired) electrons. The number of rotatable bonds is 4. The molecule has 2 rings (SSSR count). The molecule has 4 nitrogen and oxygen atoms in total. The van der Waals surface area contributed by atoms with Gasteiger partial charge in [-0.25, -0.2) is 4.98 Å². The third kappa shape index (κ3) is 3.29. The number of para-hydroxylation sites is 1. The zero-order valence-electron chi connectivity index (χ0n) is 11.3. The molecule has 19 heavy (non-hydrogen) atoms. The first kappa shape index (κ1) is 13.5. The average molecular weight is 257 g/mol. The first-order chi connectivity index (χ1) is 9.08. The van der Waals surface area contributed by atoms with Crippen molar-refractivity contribution in [1.29, 1.82) is 0 Å². The van der Waals surface area contributed by atoms with E-state index in [4.69, 9.17) is 5.73 Å². The van der Waals surface area contributed by atoms with E-state index < -0.39 is 0 Å². The number of carbonyl (C=O) groups excluding carboxylic acids is 1. The highest BCUT2D eigenvalue weighted by Gasteiger charge is 2.13. The molecule has 0 saturated carbocycles. The van der Waals surface area contributed by atoms with Crippen LogP contribution in [-0.2, 0) is 0 Å². The van der Waals surface area contributed by atoms with Crippen LogP contribution in [0.2, 0.25) is 0 Å². The number of pyridine rings is 1. The van der Waals surface area contributed by atoms with Crippen LogP contribution in [0.5, 0.6) is 0 Å². The lowest BCUT2D eigenvalue weighted by Gasteiger charge is -2.18. The highest BCUT2D eigenvalue weighted by molar-refractivity contribution is 5.94. The van der Waals surface area contributed by atoms with E-state index in [0.29, 0.717) is 12.2 Å². The van der Waals surface area contributed by atoms with E-state index in [1.807, 2.05) is 37.3 Å². The Balaban J connectivity index is 2.16. The molecule has 1 unspecified atom stereocenters. The fourth-order valence-corrected chi connectivity index (χ4v) is 1.88. The minimum atomic E-state index is -0.0635. The van der Waals surface area contributed by atoms with Crippen molar-refractivity contribution in [2.45, 2.75) is 19.4 Å². The molecule has 2 aromatic rings. The van der Waals surface area contributed by atoms with Crippen molar-refractivity contribution < 1.29 is 4.79 Å². The summed E-state index contributed by atoms with van der Waals surface area (Å²) < 4.78 is 0. The molecule has 1 atom stereocenters. The van der Waals surface area contributed by atoms with E-state index in [0.717, 1.165) is 17.3 Å². The number of fused-ring (bicyclic) bond motifs is 1. The Labute approximate surface area is 113 Å². The van der Waals surface area contributed by atoms with Crippen molar-refractivity contribution in [3.8, 4) is 0 Å². The van der Waals surface area contributed by atoms with Crippen molar-refractivity contribution in [3.05, 3.63) is 42.1 Å². The number of hydrogen-bond acceptors (Lipinski definition) is 3. The van der Waals surface area contributed by atoms with Crippen LogP contribution in [0.15, 0.2) is 36.4 Å². The lowest BCUT2D eigenvalue weighted by Crippen LogP contribution is -2.31. The molecule has 1 amide bonds. The van der Waals surface area contributed by atoms with Gasteiger partial charge in [0.15, 0.2) is 0 Å². The molecule has 0 saturated heterocycles. The van der Waals surface area contributed by atoms with Gasteiger partial charge in [0.2, 0.25) is 0 Å². The largest absolute Gasteiger partial charge is 0.340 e. The van der Waals surface area contributed by atoms with E-state index in [1.165, 1.54) is 0 Å². The van der Waals surface area contributed by atoms with Gasteiger partial charge in [-0.15, -0.1) is 0 Å². The number of nitrogens with zero attached hydrogens (tertiary/aromatic N) is 2. The van der Waals surface area contributed by atoms with Crippen molar-refractivity contribution in [2.24, 2.45) is 5.73 Å². The molecule has 1 aromatic carbocycles. The highest BCUT2D eigenvalue weighted by Crippen LogP contribution is 2.12. The van der Waals surface area contributed by atoms with E-state index in [1.54, 1.807) is 18.0 Å². The monoisotopic (exact) mass is 257 g/mol. The van der Waals surface area contributed by atoms with Gasteiger partial charge < -0.3 is 10.6 Å². The van der Waals surface area contributed by atoms with Gasteiger partial charge in [0.1, 0.15) is 5.69 Å². The average Bonchev–Trinajstić information content (AvgIpc) is 2.43. The zero-order valence-corrected chi connectivity index (χ0v) is 11.3. The SMILES string of the molecule is CC(N)CCN(C)C(=O)c1ccc2ccccc2n1. The molecule has 100 valence electrons. The van der Waals surface area contributed by atoms with Gasteiger partial charge in [0.05, 0.1) is 5.52 Å². The summed E-state index contributed by atoms with van der Waals surface area (Å²) in [7, 11) is 1.78. The second kappa shape index (κ2) is 5.80. The number of hydrogen-bond donors (Lipinski definition) is 1. The lowest BCUT2D eigenvalue weighted by atomic mass is 10.2. The summed E-state index contributed by atoms with van der Waals surface area (Å²) in [5.41, 5.74) is 7.02. The third-order valence-electron chi connectivity index (χ3n) is 3.08. The van der Waals surface area contributed by atoms with Gasteiger partial charge in [-0.2, -0.15) is 0 Å². The fourth-order valence-electron chi connectivity index (χ4n) is 1.88. The van der Waals surface area contributed by atoms with Crippen LogP contribution < -0.4 is 5.73 Å². The predicted molar refractivity (Wildman–Crippen MR) is 77.0 cm³/mol. The molecule has 0 spiro atoms. The quantitative estimate of drug-likeness (QED) is 0.912. The molecule has 0 aliphatic carbocycles. The Bertz CT molecular complexity index is 580. The second-order valence-electron chi connectivity index (χ2n) is 4.88. The van der Waals surface area contributed by atoms with Gasteiger partial charge in [0, 0.05) is 25.0 Å². The summed E-state index contributed by atoms with van der Waals surface area (Å²) in [6.45, 7) is 2.58. The van der Waals surface area contributed by atoms with Crippen molar-refractivity contribution in [2.75, 3.05) is 13.6 Å². The Morgan fingerprint density at radius 3 is 2.79 bits per heavy atom. The molecule has 0 aliphatic heterocycles. The second-order valence-corrected chi connectivity index (χ2v) is 4.88. The summed E-state index contributed by atoms with van der Waals surface area (Å²) in [6, 6.07) is 11.6. The van der Waals surface area contributed by atoms with Crippen molar-refractivity contribution in [3.63, 3.8) is 0 Å². The molecule has 0 fully saturated rings. The Kier molecular flexibility index (Phi) is 4.12. The number of amides is 1. The molecule has 4 heteroatoms. The highest BCUT2D eigenvalue weighted by atomic mass is 16.2. The predicted octanol–water partition coefficient (Wildman–Crippen LogP) is 2.04. The van der Waals surface area contributed by atoms with E-state index in [9.17, 15) is 4.79 Å². The molecule has 1 heterocycles. The van der Waals surface area contributed by atoms with Crippen LogP contribution in [0.1, 0.15) is 23.8 Å². The van der Waals surface area contributed by atoms with E-state index in [-0.39, 0.29) is 11.9 Å². The summed E-state index contributed by atoms with van der Waals surface area (Å²) in [4.78, 5) is 18.3. The molecule has 1 aromatic heterocycles. The van der Waals surface area contributed by atoms with Crippen LogP contribution in [0.3, 0.4) is 0 Å². The minimum Gasteiger partial charge on any atom is -0.340 e. The maximum Gasteiger partial charge on any atom is 0.272 e. The Hall–Kier alpha value is -1.94. The van der Waals surface area contributed by atoms with Crippen LogP contribution in [0.4, 0.5) is 0 Å².